The van der Waals surface area contributed by atoms with Crippen LogP contribution in [0.25, 0.3) is 0 Å². The van der Waals surface area contributed by atoms with E-state index in [1.54, 1.807) is 38.0 Å². The lowest BCUT2D eigenvalue weighted by atomic mass is 10.2. The average Bonchev–Trinajstić information content (AvgIpc) is 2.46. The van der Waals surface area contributed by atoms with Crippen LogP contribution in [0.1, 0.15) is 11.1 Å². The van der Waals surface area contributed by atoms with Gasteiger partial charge >= 0.3 is 6.36 Å². The molecule has 0 aromatic heterocycles. The first-order valence-corrected chi connectivity index (χ1v) is 8.02. The van der Waals surface area contributed by atoms with Crippen LogP contribution in [0.2, 0.25) is 0 Å². The fourth-order valence-electron chi connectivity index (χ4n) is 2.08. The number of halogens is 3. The van der Waals surface area contributed by atoms with E-state index in [4.69, 9.17) is 0 Å². The van der Waals surface area contributed by atoms with Gasteiger partial charge in [0.05, 0.1) is 0 Å². The van der Waals surface area contributed by atoms with E-state index >= 15 is 0 Å². The highest BCUT2D eigenvalue weighted by molar-refractivity contribution is 7.98. The van der Waals surface area contributed by atoms with Gasteiger partial charge in [-0.3, -0.25) is 0 Å². The molecule has 0 aliphatic heterocycles. The molecule has 0 bridgehead atoms. The summed E-state index contributed by atoms with van der Waals surface area (Å²) < 4.78 is 41.6. The van der Waals surface area contributed by atoms with Crippen LogP contribution in [0, 0.1) is 0 Å². The van der Waals surface area contributed by atoms with Gasteiger partial charge in [-0.05, 0) is 37.9 Å². The van der Waals surface area contributed by atoms with Gasteiger partial charge in [-0.25, -0.2) is 0 Å². The van der Waals surface area contributed by atoms with Crippen molar-refractivity contribution in [3.05, 3.63) is 59.7 Å². The Hall–Kier alpha value is -1.66. The molecule has 0 aliphatic rings. The molecule has 23 heavy (non-hydrogen) atoms. The smallest absolute Gasteiger partial charge is 0.405 e. The normalized spacial score (nSPS) is 11.7. The van der Waals surface area contributed by atoms with E-state index in [9.17, 15) is 13.2 Å². The van der Waals surface area contributed by atoms with Crippen molar-refractivity contribution >= 4 is 11.8 Å². The molecule has 0 amide bonds. The summed E-state index contributed by atoms with van der Waals surface area (Å²) in [6.45, 7) is 0.380. The Morgan fingerprint density at radius 3 is 2.35 bits per heavy atom. The van der Waals surface area contributed by atoms with Gasteiger partial charge in [-0.1, -0.05) is 30.3 Å². The maximum Gasteiger partial charge on any atom is 0.573 e. The summed E-state index contributed by atoms with van der Waals surface area (Å²) in [4.78, 5) is 2.73. The van der Waals surface area contributed by atoms with Crippen LogP contribution in [0.5, 0.6) is 5.75 Å². The first-order valence-electron chi connectivity index (χ1n) is 7.03. The Kier molecular flexibility index (Phi) is 5.96. The number of benzene rings is 2. The van der Waals surface area contributed by atoms with Crippen LogP contribution < -0.4 is 4.74 Å². The van der Waals surface area contributed by atoms with Gasteiger partial charge in [0.15, 0.2) is 0 Å². The monoisotopic (exact) mass is 341 g/mol. The summed E-state index contributed by atoms with van der Waals surface area (Å²) in [7, 11) is 3.61. The second-order valence-electron chi connectivity index (χ2n) is 5.33. The fraction of sp³-hybridized carbons (Fsp3) is 0.294. The molecular weight excluding hydrogens is 323 g/mol. The molecule has 0 fully saturated rings. The molecule has 0 spiro atoms. The summed E-state index contributed by atoms with van der Waals surface area (Å²) in [6, 6.07) is 14.7. The van der Waals surface area contributed by atoms with Crippen LogP contribution in [0.15, 0.2) is 53.4 Å². The topological polar surface area (TPSA) is 12.5 Å². The molecule has 0 unspecified atom stereocenters. The summed E-state index contributed by atoms with van der Waals surface area (Å²) in [5.41, 5.74) is 1.69. The molecule has 0 N–H and O–H groups in total. The third kappa shape index (κ3) is 6.15. The largest absolute Gasteiger partial charge is 0.573 e. The zero-order valence-electron chi connectivity index (χ0n) is 12.9. The minimum absolute atomic E-state index is 0.143. The van der Waals surface area contributed by atoms with Gasteiger partial charge in [0, 0.05) is 22.8 Å². The molecule has 0 atom stereocenters. The SMILES string of the molecule is CN(C)Cc1cc(SCc2ccccc2)ccc1OC(F)(F)F. The molecule has 0 saturated carbocycles. The minimum atomic E-state index is -4.68. The summed E-state index contributed by atoms with van der Waals surface area (Å²) >= 11 is 1.59. The van der Waals surface area contributed by atoms with Crippen molar-refractivity contribution < 1.29 is 17.9 Å². The maximum atomic E-state index is 12.5. The lowest BCUT2D eigenvalue weighted by Gasteiger charge is -2.17. The van der Waals surface area contributed by atoms with E-state index in [1.165, 1.54) is 11.6 Å². The number of thioether (sulfide) groups is 1. The lowest BCUT2D eigenvalue weighted by molar-refractivity contribution is -0.275. The number of rotatable bonds is 6. The highest BCUT2D eigenvalue weighted by atomic mass is 32.2. The molecule has 124 valence electrons. The number of ether oxygens (including phenoxy) is 1. The average molecular weight is 341 g/mol. The van der Waals surface area contributed by atoms with Gasteiger partial charge in [0.1, 0.15) is 5.75 Å². The number of alkyl halides is 3. The Morgan fingerprint density at radius 2 is 1.74 bits per heavy atom. The molecule has 0 saturated heterocycles. The highest BCUT2D eigenvalue weighted by Gasteiger charge is 2.32. The van der Waals surface area contributed by atoms with Gasteiger partial charge in [0.25, 0.3) is 0 Å². The van der Waals surface area contributed by atoms with Gasteiger partial charge < -0.3 is 9.64 Å². The molecular formula is C17H18F3NOS. The first-order chi connectivity index (χ1) is 10.8. The highest BCUT2D eigenvalue weighted by Crippen LogP contribution is 2.32. The van der Waals surface area contributed by atoms with E-state index in [2.05, 4.69) is 4.74 Å². The van der Waals surface area contributed by atoms with Crippen molar-refractivity contribution in [2.24, 2.45) is 0 Å². The van der Waals surface area contributed by atoms with Crippen molar-refractivity contribution in [2.45, 2.75) is 23.6 Å². The molecule has 2 aromatic rings. The zero-order valence-corrected chi connectivity index (χ0v) is 13.7. The van der Waals surface area contributed by atoms with Crippen LogP contribution in [-0.4, -0.2) is 25.4 Å². The third-order valence-electron chi connectivity index (χ3n) is 2.99. The van der Waals surface area contributed by atoms with Crippen molar-refractivity contribution in [1.29, 1.82) is 0 Å². The fourth-order valence-corrected chi connectivity index (χ4v) is 2.99. The third-order valence-corrected chi connectivity index (χ3v) is 4.06. The van der Waals surface area contributed by atoms with E-state index in [-0.39, 0.29) is 5.75 Å². The summed E-state index contributed by atoms with van der Waals surface area (Å²) in [5.74, 6) is 0.622. The standard InChI is InChI=1S/C17H18F3NOS/c1-21(2)11-14-10-15(8-9-16(14)22-17(18,19)20)23-12-13-6-4-3-5-7-13/h3-10H,11-12H2,1-2H3. The van der Waals surface area contributed by atoms with Crippen LogP contribution in [0.4, 0.5) is 13.2 Å². The number of hydrogen-bond acceptors (Lipinski definition) is 3. The Labute approximate surface area is 138 Å². The van der Waals surface area contributed by atoms with E-state index in [0.29, 0.717) is 12.1 Å². The van der Waals surface area contributed by atoms with Crippen molar-refractivity contribution in [3.63, 3.8) is 0 Å². The van der Waals surface area contributed by atoms with Crippen molar-refractivity contribution in [1.82, 2.24) is 4.90 Å². The van der Waals surface area contributed by atoms with Gasteiger partial charge in [-0.2, -0.15) is 0 Å². The predicted molar refractivity (Wildman–Crippen MR) is 86.5 cm³/mol. The zero-order chi connectivity index (χ0) is 16.9. The van der Waals surface area contributed by atoms with E-state index in [1.807, 2.05) is 35.2 Å². The molecule has 2 aromatic carbocycles. The molecule has 2 rings (SSSR count). The predicted octanol–water partition coefficient (Wildman–Crippen LogP) is 4.94. The lowest BCUT2D eigenvalue weighted by Crippen LogP contribution is -2.19. The second-order valence-corrected chi connectivity index (χ2v) is 6.38. The Bertz CT molecular complexity index is 629. The van der Waals surface area contributed by atoms with Crippen LogP contribution >= 0.6 is 11.8 Å². The molecule has 0 heterocycles. The van der Waals surface area contributed by atoms with Crippen molar-refractivity contribution in [3.8, 4) is 5.75 Å². The second kappa shape index (κ2) is 7.75. The van der Waals surface area contributed by atoms with Crippen LogP contribution in [0.3, 0.4) is 0 Å². The molecule has 2 nitrogen and oxygen atoms in total. The van der Waals surface area contributed by atoms with E-state index < -0.39 is 6.36 Å². The first kappa shape index (κ1) is 17.7. The van der Waals surface area contributed by atoms with Crippen LogP contribution in [-0.2, 0) is 12.3 Å². The maximum absolute atomic E-state index is 12.5. The van der Waals surface area contributed by atoms with Crippen molar-refractivity contribution in [2.75, 3.05) is 14.1 Å². The van der Waals surface area contributed by atoms with Gasteiger partial charge in [0.2, 0.25) is 0 Å². The number of hydrogen-bond donors (Lipinski definition) is 0. The summed E-state index contributed by atoms with van der Waals surface area (Å²) in [6.07, 6.45) is -4.68. The minimum Gasteiger partial charge on any atom is -0.405 e. The molecule has 0 radical (unpaired) electrons. The number of nitrogens with zero attached hydrogens (tertiary/aromatic N) is 1. The Balaban J connectivity index is 2.15. The molecule has 0 aliphatic carbocycles. The van der Waals surface area contributed by atoms with Gasteiger partial charge in [-0.15, -0.1) is 24.9 Å². The summed E-state index contributed by atoms with van der Waals surface area (Å²) in [5, 5.41) is 0. The Morgan fingerprint density at radius 1 is 1.04 bits per heavy atom. The quantitative estimate of drug-likeness (QED) is 0.691. The molecule has 6 heteroatoms. The van der Waals surface area contributed by atoms with E-state index in [0.717, 1.165) is 10.6 Å².